The molecule has 6 heteroatoms. The van der Waals surface area contributed by atoms with Crippen LogP contribution in [0.1, 0.15) is 43.1 Å². The third-order valence-corrected chi connectivity index (χ3v) is 4.31. The maximum absolute atomic E-state index is 12.2. The van der Waals surface area contributed by atoms with E-state index >= 15 is 0 Å². The van der Waals surface area contributed by atoms with Gasteiger partial charge in [0, 0.05) is 23.0 Å². The summed E-state index contributed by atoms with van der Waals surface area (Å²) in [6.07, 6.45) is 3.23. The zero-order chi connectivity index (χ0) is 17.1. The molecular weight excluding hydrogens is 308 g/mol. The molecule has 1 aromatic carbocycles. The number of pyridine rings is 1. The zero-order valence-electron chi connectivity index (χ0n) is 13.5. The number of ether oxygens (including phenoxy) is 1. The minimum Gasteiger partial charge on any atom is -0.448 e. The van der Waals surface area contributed by atoms with Crippen molar-refractivity contribution >= 4 is 22.8 Å². The number of hydrogen-bond donors (Lipinski definition) is 2. The monoisotopic (exact) mass is 328 g/mol. The molecule has 6 nitrogen and oxygen atoms in total. The number of rotatable bonds is 4. The lowest BCUT2D eigenvalue weighted by Crippen LogP contribution is -2.41. The van der Waals surface area contributed by atoms with Crippen molar-refractivity contribution in [2.24, 2.45) is 0 Å². The van der Waals surface area contributed by atoms with Crippen LogP contribution in [0, 0.1) is 0 Å². The van der Waals surface area contributed by atoms with Gasteiger partial charge in [-0.1, -0.05) is 25.0 Å². The number of hydrogen-bond acceptors (Lipinski definition) is 4. The lowest BCUT2D eigenvalue weighted by molar-refractivity contribution is -0.129. The Morgan fingerprint density at radius 2 is 1.96 bits per heavy atom. The Kier molecular flexibility index (Phi) is 4.64. The molecule has 1 aromatic heterocycles. The third-order valence-electron chi connectivity index (χ3n) is 4.31. The summed E-state index contributed by atoms with van der Waals surface area (Å²) >= 11 is 0. The predicted octanol–water partition coefficient (Wildman–Crippen LogP) is 2.13. The molecule has 1 aliphatic rings. The quantitative estimate of drug-likeness (QED) is 0.842. The minimum absolute atomic E-state index is 0.0409. The van der Waals surface area contributed by atoms with Crippen molar-refractivity contribution < 1.29 is 14.3 Å². The van der Waals surface area contributed by atoms with Gasteiger partial charge < -0.3 is 15.0 Å². The average molecular weight is 328 g/mol. The van der Waals surface area contributed by atoms with Crippen molar-refractivity contribution in [1.82, 2.24) is 10.3 Å². The van der Waals surface area contributed by atoms with Gasteiger partial charge in [-0.2, -0.15) is 0 Å². The summed E-state index contributed by atoms with van der Waals surface area (Å²) in [7, 11) is 0. The normalized spacial score (nSPS) is 16.0. The number of benzene rings is 1. The number of esters is 1. The van der Waals surface area contributed by atoms with E-state index in [4.69, 9.17) is 4.74 Å². The molecule has 1 fully saturated rings. The topological polar surface area (TPSA) is 88.3 Å². The van der Waals surface area contributed by atoms with Crippen LogP contribution in [0.3, 0.4) is 0 Å². The van der Waals surface area contributed by atoms with Gasteiger partial charge in [0.1, 0.15) is 5.69 Å². The van der Waals surface area contributed by atoms with Crippen LogP contribution in [-0.4, -0.2) is 29.0 Å². The second kappa shape index (κ2) is 6.86. The van der Waals surface area contributed by atoms with E-state index in [1.165, 1.54) is 13.0 Å². The summed E-state index contributed by atoms with van der Waals surface area (Å²) in [5, 5.41) is 3.39. The fourth-order valence-electron chi connectivity index (χ4n) is 2.97. The van der Waals surface area contributed by atoms with E-state index in [2.05, 4.69) is 10.3 Å². The molecule has 2 N–H and O–H groups in total. The minimum atomic E-state index is -0.909. The number of nitrogens with one attached hydrogen (secondary N) is 2. The number of H-pyrrole nitrogens is 1. The molecule has 24 heavy (non-hydrogen) atoms. The summed E-state index contributed by atoms with van der Waals surface area (Å²) in [6.45, 7) is 1.53. The highest BCUT2D eigenvalue weighted by Crippen LogP contribution is 2.18. The molecule has 1 atom stereocenters. The van der Waals surface area contributed by atoms with Crippen LogP contribution in [0.4, 0.5) is 0 Å². The van der Waals surface area contributed by atoms with Crippen LogP contribution in [0.15, 0.2) is 35.1 Å². The molecule has 0 aliphatic heterocycles. The highest BCUT2D eigenvalue weighted by molar-refractivity contribution is 5.93. The number of carbonyl (C=O) groups is 2. The van der Waals surface area contributed by atoms with Gasteiger partial charge in [-0.15, -0.1) is 0 Å². The number of amides is 1. The van der Waals surface area contributed by atoms with Crippen molar-refractivity contribution in [2.45, 2.75) is 44.8 Å². The Labute approximate surface area is 139 Å². The second-order valence-corrected chi connectivity index (χ2v) is 6.13. The summed E-state index contributed by atoms with van der Waals surface area (Å²) in [4.78, 5) is 39.2. The Balaban J connectivity index is 1.70. The fraction of sp³-hybridized carbons (Fsp3) is 0.389. The second-order valence-electron chi connectivity index (χ2n) is 6.13. The first-order chi connectivity index (χ1) is 11.5. The van der Waals surface area contributed by atoms with E-state index in [1.807, 2.05) is 0 Å². The number of fused-ring (bicyclic) bond motifs is 1. The molecule has 0 radical (unpaired) electrons. The van der Waals surface area contributed by atoms with E-state index in [9.17, 15) is 14.4 Å². The van der Waals surface area contributed by atoms with E-state index in [0.717, 1.165) is 25.7 Å². The van der Waals surface area contributed by atoms with Crippen molar-refractivity contribution in [3.05, 3.63) is 46.2 Å². The summed E-state index contributed by atoms with van der Waals surface area (Å²) in [5.41, 5.74) is 0.332. The molecule has 1 aliphatic carbocycles. The number of aromatic nitrogens is 1. The highest BCUT2D eigenvalue weighted by Gasteiger charge is 2.24. The first-order valence-electron chi connectivity index (χ1n) is 8.18. The van der Waals surface area contributed by atoms with Crippen LogP contribution in [0.5, 0.6) is 0 Å². The van der Waals surface area contributed by atoms with Gasteiger partial charge in [-0.3, -0.25) is 9.59 Å². The average Bonchev–Trinajstić information content (AvgIpc) is 3.07. The smallest absolute Gasteiger partial charge is 0.355 e. The molecule has 0 bridgehead atoms. The van der Waals surface area contributed by atoms with Crippen LogP contribution < -0.4 is 10.7 Å². The Morgan fingerprint density at radius 1 is 1.25 bits per heavy atom. The number of para-hydroxylation sites is 1. The van der Waals surface area contributed by atoms with E-state index in [0.29, 0.717) is 10.9 Å². The van der Waals surface area contributed by atoms with Crippen molar-refractivity contribution in [3.63, 3.8) is 0 Å². The molecular formula is C18H20N2O4. The number of aromatic amines is 1. The first-order valence-corrected chi connectivity index (χ1v) is 8.18. The molecule has 1 amide bonds. The van der Waals surface area contributed by atoms with Crippen molar-refractivity contribution in [3.8, 4) is 0 Å². The van der Waals surface area contributed by atoms with Crippen LogP contribution >= 0.6 is 0 Å². The molecule has 3 rings (SSSR count). The van der Waals surface area contributed by atoms with Crippen LogP contribution in [-0.2, 0) is 9.53 Å². The van der Waals surface area contributed by atoms with Gasteiger partial charge in [-0.05, 0) is 31.9 Å². The summed E-state index contributed by atoms with van der Waals surface area (Å²) in [6, 6.07) is 8.28. The van der Waals surface area contributed by atoms with Gasteiger partial charge in [0.25, 0.3) is 5.91 Å². The summed E-state index contributed by atoms with van der Waals surface area (Å²) in [5.74, 6) is -1.02. The van der Waals surface area contributed by atoms with E-state index in [1.54, 1.807) is 24.3 Å². The predicted molar refractivity (Wildman–Crippen MR) is 89.8 cm³/mol. The molecule has 0 saturated heterocycles. The molecule has 1 saturated carbocycles. The standard InChI is InChI=1S/C18H20N2O4/c1-11(17(22)19-12-6-2-3-7-12)24-18(23)15-10-16(21)13-8-4-5-9-14(13)20-15/h4-5,8-12H,2-3,6-7H2,1H3,(H,19,22)(H,20,21)/t11-/m1/s1. The largest absolute Gasteiger partial charge is 0.448 e. The maximum atomic E-state index is 12.2. The van der Waals surface area contributed by atoms with E-state index < -0.39 is 12.1 Å². The van der Waals surface area contributed by atoms with Gasteiger partial charge in [0.15, 0.2) is 11.5 Å². The van der Waals surface area contributed by atoms with Crippen LogP contribution in [0.25, 0.3) is 10.9 Å². The molecule has 1 heterocycles. The lowest BCUT2D eigenvalue weighted by atomic mass is 10.2. The fourth-order valence-corrected chi connectivity index (χ4v) is 2.97. The Morgan fingerprint density at radius 3 is 2.71 bits per heavy atom. The van der Waals surface area contributed by atoms with Gasteiger partial charge in [0.05, 0.1) is 0 Å². The SMILES string of the molecule is C[C@@H](OC(=O)c1cc(=O)c2ccccc2[nH]1)C(=O)NC1CCCC1. The molecule has 0 spiro atoms. The zero-order valence-corrected chi connectivity index (χ0v) is 13.5. The van der Waals surface area contributed by atoms with E-state index in [-0.39, 0.29) is 23.1 Å². The Hall–Kier alpha value is -2.63. The third kappa shape index (κ3) is 3.48. The summed E-state index contributed by atoms with van der Waals surface area (Å²) < 4.78 is 5.19. The Bertz CT molecular complexity index is 821. The number of carbonyl (C=O) groups excluding carboxylic acids is 2. The molecule has 126 valence electrons. The highest BCUT2D eigenvalue weighted by atomic mass is 16.5. The molecule has 2 aromatic rings. The lowest BCUT2D eigenvalue weighted by Gasteiger charge is -2.17. The van der Waals surface area contributed by atoms with Gasteiger partial charge >= 0.3 is 5.97 Å². The molecule has 0 unspecified atom stereocenters. The van der Waals surface area contributed by atoms with Gasteiger partial charge in [-0.25, -0.2) is 4.79 Å². The van der Waals surface area contributed by atoms with Gasteiger partial charge in [0.2, 0.25) is 0 Å². The van der Waals surface area contributed by atoms with Crippen molar-refractivity contribution in [1.29, 1.82) is 0 Å². The van der Waals surface area contributed by atoms with Crippen LogP contribution in [0.2, 0.25) is 0 Å². The van der Waals surface area contributed by atoms with Crippen molar-refractivity contribution in [2.75, 3.05) is 0 Å². The maximum Gasteiger partial charge on any atom is 0.355 e. The first kappa shape index (κ1) is 16.2.